The van der Waals surface area contributed by atoms with E-state index in [0.29, 0.717) is 18.1 Å². The number of likely N-dealkylation sites (tertiary alicyclic amines) is 1. The number of ether oxygens (including phenoxy) is 2. The molecule has 41 heavy (non-hydrogen) atoms. The summed E-state index contributed by atoms with van der Waals surface area (Å²) in [7, 11) is 0. The largest absolute Gasteiger partial charge is 0.489 e. The second-order valence-electron chi connectivity index (χ2n) is 11.6. The SMILES string of the molecule is Cc1cc(COc2ccc(C3=CC(C4(C(=O)NO)CCN(C(=O)OC(C)(C)C)C4C)ON3)cc2)c2ccccc2n1. The minimum atomic E-state index is -1.23. The van der Waals surface area contributed by atoms with Gasteiger partial charge in [0.25, 0.3) is 5.91 Å². The number of benzene rings is 2. The third-order valence-corrected chi connectivity index (χ3v) is 7.74. The zero-order valence-electron chi connectivity index (χ0n) is 23.9. The summed E-state index contributed by atoms with van der Waals surface area (Å²) >= 11 is 0. The van der Waals surface area contributed by atoms with E-state index >= 15 is 0 Å². The number of aryl methyl sites for hydroxylation is 1. The first-order valence-corrected chi connectivity index (χ1v) is 13.7. The van der Waals surface area contributed by atoms with Gasteiger partial charge in [-0.3, -0.25) is 25.3 Å². The van der Waals surface area contributed by atoms with Gasteiger partial charge >= 0.3 is 6.09 Å². The summed E-state index contributed by atoms with van der Waals surface area (Å²) in [6, 6.07) is 17.0. The smallest absolute Gasteiger partial charge is 0.410 e. The lowest BCUT2D eigenvalue weighted by atomic mass is 9.74. The maximum Gasteiger partial charge on any atom is 0.410 e. The van der Waals surface area contributed by atoms with Crippen LogP contribution < -0.4 is 15.7 Å². The third-order valence-electron chi connectivity index (χ3n) is 7.74. The fraction of sp³-hybridized carbons (Fsp3) is 0.387. The van der Waals surface area contributed by atoms with E-state index in [-0.39, 0.29) is 13.0 Å². The van der Waals surface area contributed by atoms with Gasteiger partial charge in [-0.25, -0.2) is 10.3 Å². The van der Waals surface area contributed by atoms with Gasteiger partial charge in [0.05, 0.1) is 11.2 Å². The highest BCUT2D eigenvalue weighted by Crippen LogP contribution is 2.44. The second kappa shape index (κ2) is 11.0. The van der Waals surface area contributed by atoms with Crippen molar-refractivity contribution < 1.29 is 29.1 Å². The molecule has 3 N–H and O–H groups in total. The first kappa shape index (κ1) is 28.4. The Kier molecular flexibility index (Phi) is 7.63. The number of carbonyl (C=O) groups excluding carboxylic acids is 2. The number of hydrogen-bond donors (Lipinski definition) is 3. The lowest BCUT2D eigenvalue weighted by Gasteiger charge is -2.36. The fourth-order valence-corrected chi connectivity index (χ4v) is 5.63. The average molecular weight is 561 g/mol. The van der Waals surface area contributed by atoms with Crippen LogP contribution in [0.25, 0.3) is 16.6 Å². The van der Waals surface area contributed by atoms with Gasteiger partial charge in [-0.15, -0.1) is 0 Å². The van der Waals surface area contributed by atoms with Crippen LogP contribution in [0.15, 0.2) is 60.7 Å². The summed E-state index contributed by atoms with van der Waals surface area (Å²) in [5, 5.41) is 10.7. The van der Waals surface area contributed by atoms with Gasteiger partial charge in [0.2, 0.25) is 0 Å². The molecule has 1 saturated heterocycles. The minimum Gasteiger partial charge on any atom is -0.489 e. The summed E-state index contributed by atoms with van der Waals surface area (Å²) in [5.74, 6) is 0.0832. The van der Waals surface area contributed by atoms with Crippen molar-refractivity contribution in [1.29, 1.82) is 0 Å². The van der Waals surface area contributed by atoms with Crippen molar-refractivity contribution in [1.82, 2.24) is 20.8 Å². The Morgan fingerprint density at radius 1 is 1.20 bits per heavy atom. The van der Waals surface area contributed by atoms with Crippen LogP contribution in [-0.2, 0) is 21.0 Å². The van der Waals surface area contributed by atoms with E-state index in [2.05, 4.69) is 10.5 Å². The summed E-state index contributed by atoms with van der Waals surface area (Å²) in [6.07, 6.45) is 0.835. The van der Waals surface area contributed by atoms with Crippen LogP contribution in [0.5, 0.6) is 5.75 Å². The summed E-state index contributed by atoms with van der Waals surface area (Å²) in [5.41, 5.74) is 7.25. The van der Waals surface area contributed by atoms with Crippen LogP contribution in [0.4, 0.5) is 4.79 Å². The predicted molar refractivity (Wildman–Crippen MR) is 153 cm³/mol. The van der Waals surface area contributed by atoms with Crippen LogP contribution in [0.3, 0.4) is 0 Å². The van der Waals surface area contributed by atoms with Crippen LogP contribution in [0.2, 0.25) is 0 Å². The third kappa shape index (κ3) is 5.57. The molecule has 5 rings (SSSR count). The minimum absolute atomic E-state index is 0.283. The molecule has 3 heterocycles. The van der Waals surface area contributed by atoms with Crippen molar-refractivity contribution in [3.8, 4) is 5.75 Å². The number of carbonyl (C=O) groups is 2. The first-order chi connectivity index (χ1) is 19.5. The topological polar surface area (TPSA) is 122 Å². The van der Waals surface area contributed by atoms with Crippen molar-refractivity contribution in [3.63, 3.8) is 0 Å². The van der Waals surface area contributed by atoms with E-state index in [4.69, 9.17) is 14.3 Å². The molecule has 2 aliphatic rings. The Morgan fingerprint density at radius 2 is 1.93 bits per heavy atom. The standard InChI is InChI=1S/C31H36N4O6/c1-19-16-22(24-8-6-7-9-25(24)32-19)18-39-23-12-10-21(11-13-23)26-17-27(41-34-26)31(28(36)33-38)14-15-35(20(31)2)29(37)40-30(3,4)5/h6-13,16-17,20,27,34,38H,14-15,18H2,1-5H3,(H,33,36). The van der Waals surface area contributed by atoms with Gasteiger partial charge in [0.15, 0.2) is 0 Å². The molecule has 0 radical (unpaired) electrons. The molecule has 0 bridgehead atoms. The predicted octanol–water partition coefficient (Wildman–Crippen LogP) is 4.89. The fourth-order valence-electron chi connectivity index (χ4n) is 5.63. The summed E-state index contributed by atoms with van der Waals surface area (Å²) in [6.45, 7) is 9.79. The van der Waals surface area contributed by atoms with Crippen LogP contribution >= 0.6 is 0 Å². The zero-order chi connectivity index (χ0) is 29.4. The van der Waals surface area contributed by atoms with Gasteiger partial charge in [-0.2, -0.15) is 0 Å². The van der Waals surface area contributed by atoms with Gasteiger partial charge in [0, 0.05) is 29.2 Å². The number of nitrogens with one attached hydrogen (secondary N) is 2. The highest BCUT2D eigenvalue weighted by atomic mass is 16.7. The normalized spacial score (nSPS) is 22.3. The maximum absolute atomic E-state index is 13.1. The number of fused-ring (bicyclic) bond motifs is 1. The number of hydroxylamine groups is 2. The summed E-state index contributed by atoms with van der Waals surface area (Å²) < 4.78 is 11.6. The molecular formula is C31H36N4O6. The van der Waals surface area contributed by atoms with E-state index in [1.54, 1.807) is 33.2 Å². The number of para-hydroxylation sites is 1. The highest BCUT2D eigenvalue weighted by molar-refractivity contribution is 5.86. The van der Waals surface area contributed by atoms with Crippen molar-refractivity contribution >= 4 is 28.6 Å². The molecular weight excluding hydrogens is 524 g/mol. The van der Waals surface area contributed by atoms with Gasteiger partial charge in [-0.1, -0.05) is 18.2 Å². The molecule has 3 unspecified atom stereocenters. The van der Waals surface area contributed by atoms with E-state index < -0.39 is 35.2 Å². The van der Waals surface area contributed by atoms with Gasteiger partial charge in [-0.05, 0) is 89.1 Å². The van der Waals surface area contributed by atoms with Crippen LogP contribution in [0, 0.1) is 12.3 Å². The second-order valence-corrected chi connectivity index (χ2v) is 11.6. The van der Waals surface area contributed by atoms with E-state index in [1.807, 2.05) is 67.6 Å². The molecule has 216 valence electrons. The Morgan fingerprint density at radius 3 is 2.63 bits per heavy atom. The van der Waals surface area contributed by atoms with Crippen LogP contribution in [0.1, 0.15) is 50.9 Å². The molecule has 2 aromatic carbocycles. The Bertz CT molecular complexity index is 1480. The molecule has 10 heteroatoms. The average Bonchev–Trinajstić information content (AvgIpc) is 3.56. The van der Waals surface area contributed by atoms with Crippen molar-refractivity contribution in [2.45, 2.75) is 65.4 Å². The lowest BCUT2D eigenvalue weighted by molar-refractivity contribution is -0.151. The molecule has 0 saturated carbocycles. The lowest BCUT2D eigenvalue weighted by Crippen LogP contribution is -2.55. The highest BCUT2D eigenvalue weighted by Gasteiger charge is 2.58. The number of amides is 2. The van der Waals surface area contributed by atoms with Crippen LogP contribution in [-0.4, -0.2) is 51.4 Å². The molecule has 3 atom stereocenters. The molecule has 2 aliphatic heterocycles. The number of hydrogen-bond acceptors (Lipinski definition) is 8. The van der Waals surface area contributed by atoms with Gasteiger partial charge in [0.1, 0.15) is 29.5 Å². The maximum atomic E-state index is 13.1. The Balaban J connectivity index is 1.31. The van der Waals surface area contributed by atoms with Crippen molar-refractivity contribution in [3.05, 3.63) is 77.5 Å². The number of pyridine rings is 1. The van der Waals surface area contributed by atoms with Crippen molar-refractivity contribution in [2.24, 2.45) is 5.41 Å². The number of aromatic nitrogens is 1. The quantitative estimate of drug-likeness (QED) is 0.288. The number of rotatable bonds is 6. The molecule has 0 spiro atoms. The molecule has 10 nitrogen and oxygen atoms in total. The Hall–Kier alpha value is -4.15. The Labute approximate surface area is 239 Å². The molecule has 1 aromatic heterocycles. The zero-order valence-corrected chi connectivity index (χ0v) is 23.9. The van der Waals surface area contributed by atoms with E-state index in [1.165, 1.54) is 4.90 Å². The first-order valence-electron chi connectivity index (χ1n) is 13.7. The molecule has 1 fully saturated rings. The number of nitrogens with zero attached hydrogens (tertiary/aromatic N) is 2. The molecule has 3 aromatic rings. The monoisotopic (exact) mass is 560 g/mol. The van der Waals surface area contributed by atoms with Gasteiger partial charge < -0.3 is 14.4 Å². The van der Waals surface area contributed by atoms with E-state index in [9.17, 15) is 14.8 Å². The summed E-state index contributed by atoms with van der Waals surface area (Å²) in [4.78, 5) is 37.9. The van der Waals surface area contributed by atoms with Crippen molar-refractivity contribution in [2.75, 3.05) is 6.54 Å². The molecule has 2 amide bonds. The van der Waals surface area contributed by atoms with E-state index in [0.717, 1.165) is 27.7 Å². The molecule has 0 aliphatic carbocycles.